The van der Waals surface area contributed by atoms with Gasteiger partial charge in [-0.15, -0.1) is 0 Å². The molecule has 3 nitrogen and oxygen atoms in total. The monoisotopic (exact) mass is 274 g/mol. The quantitative estimate of drug-likeness (QED) is 0.908. The first kappa shape index (κ1) is 14.5. The maximum absolute atomic E-state index is 13.9. The van der Waals surface area contributed by atoms with Gasteiger partial charge >= 0.3 is 0 Å². The SMILES string of the molecule is CCN(Cc1ccncc1)c1cccc(F)c1[C@H](C)O. The Hall–Kier alpha value is -1.94. The van der Waals surface area contributed by atoms with Crippen molar-refractivity contribution in [2.75, 3.05) is 11.4 Å². The normalized spacial score (nSPS) is 12.2. The van der Waals surface area contributed by atoms with E-state index in [1.165, 1.54) is 6.07 Å². The smallest absolute Gasteiger partial charge is 0.131 e. The lowest BCUT2D eigenvalue weighted by atomic mass is 10.1. The molecule has 0 spiro atoms. The van der Waals surface area contributed by atoms with E-state index in [2.05, 4.69) is 4.98 Å². The summed E-state index contributed by atoms with van der Waals surface area (Å²) in [7, 11) is 0. The van der Waals surface area contributed by atoms with Crippen molar-refractivity contribution in [2.24, 2.45) is 0 Å². The molecule has 2 aromatic rings. The van der Waals surface area contributed by atoms with Gasteiger partial charge in [0.1, 0.15) is 5.82 Å². The Morgan fingerprint density at radius 1 is 1.25 bits per heavy atom. The molecule has 0 aliphatic heterocycles. The first-order valence-corrected chi connectivity index (χ1v) is 6.73. The fourth-order valence-corrected chi connectivity index (χ4v) is 2.29. The van der Waals surface area contributed by atoms with E-state index < -0.39 is 6.10 Å². The van der Waals surface area contributed by atoms with Crippen LogP contribution in [0.15, 0.2) is 42.7 Å². The third-order valence-electron chi connectivity index (χ3n) is 3.29. The van der Waals surface area contributed by atoms with Crippen LogP contribution in [0.4, 0.5) is 10.1 Å². The molecule has 1 aromatic heterocycles. The van der Waals surface area contributed by atoms with Crippen LogP contribution in [0.1, 0.15) is 31.1 Å². The molecule has 0 aliphatic carbocycles. The minimum Gasteiger partial charge on any atom is -0.389 e. The van der Waals surface area contributed by atoms with Crippen LogP contribution in [0.5, 0.6) is 0 Å². The minimum atomic E-state index is -0.835. The summed E-state index contributed by atoms with van der Waals surface area (Å²) in [5.74, 6) is -0.370. The van der Waals surface area contributed by atoms with Crippen molar-refractivity contribution < 1.29 is 9.50 Å². The van der Waals surface area contributed by atoms with E-state index in [-0.39, 0.29) is 5.82 Å². The molecule has 4 heteroatoms. The van der Waals surface area contributed by atoms with E-state index in [9.17, 15) is 9.50 Å². The lowest BCUT2D eigenvalue weighted by Gasteiger charge is -2.27. The summed E-state index contributed by atoms with van der Waals surface area (Å²) in [6.45, 7) is 4.98. The molecule has 1 heterocycles. The largest absolute Gasteiger partial charge is 0.389 e. The van der Waals surface area contributed by atoms with E-state index in [0.29, 0.717) is 12.1 Å². The Balaban J connectivity index is 2.35. The summed E-state index contributed by atoms with van der Waals surface area (Å²) in [6, 6.07) is 8.77. The maximum atomic E-state index is 13.9. The predicted molar refractivity (Wildman–Crippen MR) is 78.0 cm³/mol. The molecule has 1 aromatic carbocycles. The lowest BCUT2D eigenvalue weighted by molar-refractivity contribution is 0.194. The van der Waals surface area contributed by atoms with Crippen LogP contribution in [-0.2, 0) is 6.54 Å². The molecule has 1 atom stereocenters. The summed E-state index contributed by atoms with van der Waals surface area (Å²) >= 11 is 0. The fourth-order valence-electron chi connectivity index (χ4n) is 2.29. The first-order valence-electron chi connectivity index (χ1n) is 6.73. The lowest BCUT2D eigenvalue weighted by Crippen LogP contribution is -2.24. The van der Waals surface area contributed by atoms with E-state index in [4.69, 9.17) is 0 Å². The number of rotatable bonds is 5. The molecule has 0 fully saturated rings. The number of anilines is 1. The van der Waals surface area contributed by atoms with Gasteiger partial charge in [-0.05, 0) is 43.7 Å². The number of aliphatic hydroxyl groups is 1. The Labute approximate surface area is 118 Å². The average molecular weight is 274 g/mol. The van der Waals surface area contributed by atoms with E-state index in [1.807, 2.05) is 30.0 Å². The van der Waals surface area contributed by atoms with Gasteiger partial charge in [-0.25, -0.2) is 4.39 Å². The summed E-state index contributed by atoms with van der Waals surface area (Å²) in [4.78, 5) is 6.03. The highest BCUT2D eigenvalue weighted by Crippen LogP contribution is 2.29. The molecular formula is C16H19FN2O. The maximum Gasteiger partial charge on any atom is 0.131 e. The van der Waals surface area contributed by atoms with E-state index >= 15 is 0 Å². The molecule has 0 amide bonds. The third-order valence-corrected chi connectivity index (χ3v) is 3.29. The third kappa shape index (κ3) is 3.14. The van der Waals surface area contributed by atoms with Gasteiger partial charge in [-0.2, -0.15) is 0 Å². The van der Waals surface area contributed by atoms with Gasteiger partial charge in [0.05, 0.1) is 6.10 Å². The number of pyridine rings is 1. The number of halogens is 1. The van der Waals surface area contributed by atoms with Crippen LogP contribution in [0.3, 0.4) is 0 Å². The van der Waals surface area contributed by atoms with Gasteiger partial charge in [0.15, 0.2) is 0 Å². The molecule has 2 rings (SSSR count). The van der Waals surface area contributed by atoms with Crippen molar-refractivity contribution in [1.82, 2.24) is 4.98 Å². The molecule has 0 saturated heterocycles. The number of hydrogen-bond acceptors (Lipinski definition) is 3. The van der Waals surface area contributed by atoms with Crippen molar-refractivity contribution in [3.8, 4) is 0 Å². The topological polar surface area (TPSA) is 36.4 Å². The second kappa shape index (κ2) is 6.48. The van der Waals surface area contributed by atoms with Crippen molar-refractivity contribution in [3.05, 3.63) is 59.7 Å². The van der Waals surface area contributed by atoms with Crippen molar-refractivity contribution in [1.29, 1.82) is 0 Å². The van der Waals surface area contributed by atoms with Crippen LogP contribution in [0.2, 0.25) is 0 Å². The average Bonchev–Trinajstić information content (AvgIpc) is 2.45. The molecule has 106 valence electrons. The number of benzene rings is 1. The van der Waals surface area contributed by atoms with Crippen LogP contribution >= 0.6 is 0 Å². The number of aliphatic hydroxyl groups excluding tert-OH is 1. The zero-order chi connectivity index (χ0) is 14.5. The number of nitrogens with zero attached hydrogens (tertiary/aromatic N) is 2. The molecule has 20 heavy (non-hydrogen) atoms. The second-order valence-corrected chi connectivity index (χ2v) is 4.72. The Morgan fingerprint density at radius 2 is 1.95 bits per heavy atom. The van der Waals surface area contributed by atoms with Crippen LogP contribution < -0.4 is 4.90 Å². The molecule has 0 radical (unpaired) electrons. The molecule has 0 bridgehead atoms. The number of hydrogen-bond donors (Lipinski definition) is 1. The van der Waals surface area contributed by atoms with Crippen molar-refractivity contribution in [3.63, 3.8) is 0 Å². The van der Waals surface area contributed by atoms with E-state index in [1.54, 1.807) is 25.4 Å². The highest BCUT2D eigenvalue weighted by Gasteiger charge is 2.17. The number of aromatic nitrogens is 1. The molecule has 0 unspecified atom stereocenters. The predicted octanol–water partition coefficient (Wildman–Crippen LogP) is 3.30. The van der Waals surface area contributed by atoms with Crippen molar-refractivity contribution in [2.45, 2.75) is 26.5 Å². The second-order valence-electron chi connectivity index (χ2n) is 4.72. The standard InChI is InChI=1S/C16H19FN2O/c1-3-19(11-13-7-9-18-10-8-13)15-6-4-5-14(17)16(15)12(2)20/h4-10,12,20H,3,11H2,1-2H3/t12-/m0/s1. The van der Waals surface area contributed by atoms with Crippen LogP contribution in [-0.4, -0.2) is 16.6 Å². The van der Waals surface area contributed by atoms with Crippen molar-refractivity contribution >= 4 is 5.69 Å². The van der Waals surface area contributed by atoms with E-state index in [0.717, 1.165) is 17.8 Å². The fraction of sp³-hybridized carbons (Fsp3) is 0.312. The summed E-state index contributed by atoms with van der Waals surface area (Å²) < 4.78 is 13.9. The highest BCUT2D eigenvalue weighted by atomic mass is 19.1. The van der Waals surface area contributed by atoms with Gasteiger partial charge in [0, 0.05) is 36.7 Å². The minimum absolute atomic E-state index is 0.350. The molecule has 0 aliphatic rings. The Bertz CT molecular complexity index is 558. The zero-order valence-corrected chi connectivity index (χ0v) is 11.8. The summed E-state index contributed by atoms with van der Waals surface area (Å²) in [6.07, 6.45) is 2.65. The van der Waals surface area contributed by atoms with Gasteiger partial charge in [-0.1, -0.05) is 6.07 Å². The first-order chi connectivity index (χ1) is 9.63. The molecular weight excluding hydrogens is 255 g/mol. The van der Waals surface area contributed by atoms with Gasteiger partial charge in [0.25, 0.3) is 0 Å². The summed E-state index contributed by atoms with van der Waals surface area (Å²) in [5, 5.41) is 9.82. The van der Waals surface area contributed by atoms with Gasteiger partial charge < -0.3 is 10.0 Å². The Morgan fingerprint density at radius 3 is 2.55 bits per heavy atom. The summed E-state index contributed by atoms with van der Waals surface area (Å²) in [5.41, 5.74) is 2.19. The zero-order valence-electron chi connectivity index (χ0n) is 11.8. The van der Waals surface area contributed by atoms with Gasteiger partial charge in [-0.3, -0.25) is 4.98 Å². The molecule has 1 N–H and O–H groups in total. The highest BCUT2D eigenvalue weighted by molar-refractivity contribution is 5.55. The van der Waals surface area contributed by atoms with Crippen LogP contribution in [0, 0.1) is 5.82 Å². The van der Waals surface area contributed by atoms with Crippen LogP contribution in [0.25, 0.3) is 0 Å². The van der Waals surface area contributed by atoms with Gasteiger partial charge in [0.2, 0.25) is 0 Å². The molecule has 0 saturated carbocycles. The Kier molecular flexibility index (Phi) is 4.69.